The maximum absolute atomic E-state index is 11.9. The Morgan fingerprint density at radius 3 is 2.44 bits per heavy atom. The minimum Gasteiger partial charge on any atom is -0.336 e. The number of carbonyl (C=O) groups is 1. The molecule has 0 aromatic heterocycles. The Kier molecular flexibility index (Phi) is 4.03. The van der Waals surface area contributed by atoms with Crippen molar-refractivity contribution in [1.29, 1.82) is 0 Å². The summed E-state index contributed by atoms with van der Waals surface area (Å²) in [5.41, 5.74) is 1.04. The van der Waals surface area contributed by atoms with Crippen LogP contribution >= 0.6 is 0 Å². The first-order chi connectivity index (χ1) is 8.79. The Bertz CT molecular complexity index is 465. The van der Waals surface area contributed by atoms with E-state index in [9.17, 15) is 4.79 Å². The molecule has 1 saturated heterocycles. The quantitative estimate of drug-likeness (QED) is 0.577. The highest BCUT2D eigenvalue weighted by Gasteiger charge is 2.17. The van der Waals surface area contributed by atoms with Crippen LogP contribution in [-0.2, 0) is 4.79 Å². The zero-order valence-corrected chi connectivity index (χ0v) is 10.2. The van der Waals surface area contributed by atoms with Crippen molar-refractivity contribution in [2.24, 2.45) is 0 Å². The Morgan fingerprint density at radius 1 is 1.17 bits per heavy atom. The van der Waals surface area contributed by atoms with E-state index >= 15 is 0 Å². The molecule has 1 aliphatic heterocycles. The van der Waals surface area contributed by atoms with Gasteiger partial charge in [-0.2, -0.15) is 0 Å². The molecular formula is C15H16N2O. The van der Waals surface area contributed by atoms with Crippen LogP contribution in [0.4, 0.5) is 0 Å². The van der Waals surface area contributed by atoms with Gasteiger partial charge in [-0.05, 0) is 11.6 Å². The van der Waals surface area contributed by atoms with Crippen molar-refractivity contribution >= 4 is 12.0 Å². The average molecular weight is 240 g/mol. The van der Waals surface area contributed by atoms with Crippen molar-refractivity contribution in [3.8, 4) is 12.5 Å². The van der Waals surface area contributed by atoms with Gasteiger partial charge in [0.05, 0.1) is 0 Å². The van der Waals surface area contributed by atoms with Crippen LogP contribution in [0.1, 0.15) is 5.56 Å². The van der Waals surface area contributed by atoms with Crippen molar-refractivity contribution in [3.05, 3.63) is 42.0 Å². The van der Waals surface area contributed by atoms with Crippen LogP contribution in [0.5, 0.6) is 0 Å². The van der Waals surface area contributed by atoms with Crippen molar-refractivity contribution in [1.82, 2.24) is 9.80 Å². The van der Waals surface area contributed by atoms with E-state index in [0.717, 1.165) is 18.7 Å². The highest BCUT2D eigenvalue weighted by Crippen LogP contribution is 2.04. The fourth-order valence-electron chi connectivity index (χ4n) is 1.89. The number of benzene rings is 1. The number of carbonyl (C=O) groups excluding carboxylic acids is 1. The van der Waals surface area contributed by atoms with Crippen molar-refractivity contribution in [2.75, 3.05) is 26.2 Å². The van der Waals surface area contributed by atoms with Crippen LogP contribution in [0.15, 0.2) is 36.4 Å². The Hall–Kier alpha value is -2.21. The SMILES string of the molecule is C#CN1CCN(C(=O)C=Cc2ccccc2)CC1. The van der Waals surface area contributed by atoms with Gasteiger partial charge in [0.25, 0.3) is 0 Å². The summed E-state index contributed by atoms with van der Waals surface area (Å²) in [6.45, 7) is 2.90. The second kappa shape index (κ2) is 5.92. The maximum Gasteiger partial charge on any atom is 0.246 e. The van der Waals surface area contributed by atoms with Crippen LogP contribution in [0.3, 0.4) is 0 Å². The van der Waals surface area contributed by atoms with Gasteiger partial charge in [0.1, 0.15) is 0 Å². The van der Waals surface area contributed by atoms with Crippen molar-refractivity contribution < 1.29 is 4.79 Å². The van der Waals surface area contributed by atoms with Gasteiger partial charge in [-0.25, -0.2) is 0 Å². The third-order valence-corrected chi connectivity index (χ3v) is 2.99. The number of rotatable bonds is 2. The normalized spacial score (nSPS) is 15.7. The molecule has 1 amide bonds. The van der Waals surface area contributed by atoms with E-state index in [2.05, 4.69) is 6.04 Å². The highest BCUT2D eigenvalue weighted by atomic mass is 16.2. The number of nitrogens with zero attached hydrogens (tertiary/aromatic N) is 2. The summed E-state index contributed by atoms with van der Waals surface area (Å²) in [5.74, 6) is 0.0514. The summed E-state index contributed by atoms with van der Waals surface area (Å²) in [6, 6.07) is 12.4. The summed E-state index contributed by atoms with van der Waals surface area (Å²) < 4.78 is 0. The summed E-state index contributed by atoms with van der Waals surface area (Å²) in [4.78, 5) is 15.7. The highest BCUT2D eigenvalue weighted by molar-refractivity contribution is 5.91. The van der Waals surface area contributed by atoms with Crippen molar-refractivity contribution in [3.63, 3.8) is 0 Å². The fraction of sp³-hybridized carbons (Fsp3) is 0.267. The van der Waals surface area contributed by atoms with Gasteiger partial charge in [0, 0.05) is 38.3 Å². The second-order valence-electron chi connectivity index (χ2n) is 4.19. The number of terminal acetylenes is 1. The van der Waals surface area contributed by atoms with Crippen LogP contribution in [-0.4, -0.2) is 41.9 Å². The molecule has 1 aliphatic rings. The van der Waals surface area contributed by atoms with E-state index in [-0.39, 0.29) is 5.91 Å². The summed E-state index contributed by atoms with van der Waals surface area (Å²) in [5, 5.41) is 0. The van der Waals surface area contributed by atoms with Gasteiger partial charge < -0.3 is 9.80 Å². The molecule has 0 spiro atoms. The standard InChI is InChI=1S/C15H16N2O/c1-2-16-10-12-17(13-11-16)15(18)9-8-14-6-4-3-5-7-14/h1,3-9H,10-13H2. The summed E-state index contributed by atoms with van der Waals surface area (Å²) >= 11 is 0. The van der Waals surface area contributed by atoms with Gasteiger partial charge in [0.2, 0.25) is 5.91 Å². The topological polar surface area (TPSA) is 23.6 Å². The molecule has 0 aliphatic carbocycles. The van der Waals surface area contributed by atoms with Crippen LogP contribution in [0.25, 0.3) is 6.08 Å². The van der Waals surface area contributed by atoms with E-state index in [1.165, 1.54) is 0 Å². The number of hydrogen-bond acceptors (Lipinski definition) is 2. The van der Waals surface area contributed by atoms with Gasteiger partial charge >= 0.3 is 0 Å². The van der Waals surface area contributed by atoms with Crippen LogP contribution in [0, 0.1) is 12.5 Å². The first kappa shape index (κ1) is 12.3. The molecule has 2 rings (SSSR count). The lowest BCUT2D eigenvalue weighted by atomic mass is 10.2. The van der Waals surface area contributed by atoms with E-state index in [0.29, 0.717) is 13.1 Å². The molecule has 1 aromatic rings. The smallest absolute Gasteiger partial charge is 0.246 e. The fourth-order valence-corrected chi connectivity index (χ4v) is 1.89. The Balaban J connectivity index is 1.90. The van der Waals surface area contributed by atoms with E-state index in [1.54, 1.807) is 6.08 Å². The lowest BCUT2D eigenvalue weighted by molar-refractivity contribution is -0.127. The van der Waals surface area contributed by atoms with Gasteiger partial charge in [-0.15, -0.1) is 0 Å². The molecule has 3 heteroatoms. The Labute approximate surface area is 108 Å². The summed E-state index contributed by atoms with van der Waals surface area (Å²) in [7, 11) is 0. The molecule has 1 fully saturated rings. The average Bonchev–Trinajstić information content (AvgIpc) is 2.46. The van der Waals surface area contributed by atoms with Crippen LogP contribution in [0.2, 0.25) is 0 Å². The van der Waals surface area contributed by atoms with Crippen LogP contribution < -0.4 is 0 Å². The predicted molar refractivity (Wildman–Crippen MR) is 72.5 cm³/mol. The molecule has 1 heterocycles. The first-order valence-corrected chi connectivity index (χ1v) is 6.03. The molecule has 0 bridgehead atoms. The van der Waals surface area contributed by atoms with E-state index < -0.39 is 0 Å². The number of amides is 1. The lowest BCUT2D eigenvalue weighted by Crippen LogP contribution is -2.46. The maximum atomic E-state index is 11.9. The molecule has 0 N–H and O–H groups in total. The molecule has 0 radical (unpaired) electrons. The monoisotopic (exact) mass is 240 g/mol. The predicted octanol–water partition coefficient (Wildman–Crippen LogP) is 1.43. The molecule has 0 saturated carbocycles. The minimum absolute atomic E-state index is 0.0514. The molecule has 18 heavy (non-hydrogen) atoms. The second-order valence-corrected chi connectivity index (χ2v) is 4.19. The lowest BCUT2D eigenvalue weighted by Gasteiger charge is -2.31. The zero-order valence-electron chi connectivity index (χ0n) is 10.2. The zero-order chi connectivity index (χ0) is 12.8. The molecule has 3 nitrogen and oxygen atoms in total. The van der Waals surface area contributed by atoms with E-state index in [4.69, 9.17) is 6.42 Å². The number of hydrogen-bond donors (Lipinski definition) is 0. The van der Waals surface area contributed by atoms with E-state index in [1.807, 2.05) is 46.2 Å². The van der Waals surface area contributed by atoms with Gasteiger partial charge in [-0.3, -0.25) is 4.79 Å². The molecule has 0 atom stereocenters. The molecule has 1 aromatic carbocycles. The largest absolute Gasteiger partial charge is 0.336 e. The van der Waals surface area contributed by atoms with Gasteiger partial charge in [-0.1, -0.05) is 36.8 Å². The molecule has 92 valence electrons. The molecule has 0 unspecified atom stereocenters. The minimum atomic E-state index is 0.0514. The number of piperazine rings is 1. The third kappa shape index (κ3) is 3.14. The molecular weight excluding hydrogens is 224 g/mol. The third-order valence-electron chi connectivity index (χ3n) is 2.99. The van der Waals surface area contributed by atoms with Crippen molar-refractivity contribution in [2.45, 2.75) is 0 Å². The van der Waals surface area contributed by atoms with Gasteiger partial charge in [0.15, 0.2) is 0 Å². The Morgan fingerprint density at radius 2 is 1.83 bits per heavy atom. The summed E-state index contributed by atoms with van der Waals surface area (Å²) in [6.07, 6.45) is 8.79. The first-order valence-electron chi connectivity index (χ1n) is 6.03.